The van der Waals surface area contributed by atoms with Gasteiger partial charge in [0.05, 0.1) is 25.5 Å². The molecule has 1 aliphatic rings. The summed E-state index contributed by atoms with van der Waals surface area (Å²) in [7, 11) is 1.78. The van der Waals surface area contributed by atoms with Gasteiger partial charge in [-0.25, -0.2) is 4.98 Å². The summed E-state index contributed by atoms with van der Waals surface area (Å²) in [6, 6.07) is 8.66. The number of hydrogen-bond donors (Lipinski definition) is 1. The van der Waals surface area contributed by atoms with Gasteiger partial charge >= 0.3 is 0 Å². The molecule has 0 fully saturated rings. The molecule has 3 heterocycles. The van der Waals surface area contributed by atoms with E-state index >= 15 is 0 Å². The number of anilines is 3. The van der Waals surface area contributed by atoms with Crippen LogP contribution in [0.25, 0.3) is 0 Å². The SMILES string of the molecule is CCCCN1CC(=O)N(C)c2cnc(NCc3cnn(Cc4cccc(C(C)C)c4)c3)nc21. The second-order valence-corrected chi connectivity index (χ2v) is 8.93. The minimum absolute atomic E-state index is 0.0641. The van der Waals surface area contributed by atoms with Crippen molar-refractivity contribution in [2.45, 2.75) is 52.6 Å². The fourth-order valence-electron chi connectivity index (χ4n) is 3.94. The fraction of sp³-hybridized carbons (Fsp3) is 0.440. The van der Waals surface area contributed by atoms with Crippen molar-refractivity contribution in [3.63, 3.8) is 0 Å². The van der Waals surface area contributed by atoms with E-state index in [1.807, 2.05) is 17.1 Å². The monoisotopic (exact) mass is 447 g/mol. The van der Waals surface area contributed by atoms with Crippen LogP contribution in [0, 0.1) is 0 Å². The van der Waals surface area contributed by atoms with Gasteiger partial charge in [-0.3, -0.25) is 9.48 Å². The summed E-state index contributed by atoms with van der Waals surface area (Å²) in [4.78, 5) is 25.2. The predicted octanol–water partition coefficient (Wildman–Crippen LogP) is 4.04. The van der Waals surface area contributed by atoms with E-state index in [-0.39, 0.29) is 5.91 Å². The quantitative estimate of drug-likeness (QED) is 0.533. The van der Waals surface area contributed by atoms with Crippen LogP contribution in [0.4, 0.5) is 17.5 Å². The lowest BCUT2D eigenvalue weighted by Gasteiger charge is -2.34. The second-order valence-electron chi connectivity index (χ2n) is 8.93. The van der Waals surface area contributed by atoms with Crippen molar-refractivity contribution in [2.75, 3.05) is 35.3 Å². The molecule has 8 heteroatoms. The number of nitrogens with one attached hydrogen (secondary N) is 1. The Kier molecular flexibility index (Phi) is 6.91. The van der Waals surface area contributed by atoms with E-state index in [0.29, 0.717) is 25.0 Å². The number of aromatic nitrogens is 4. The van der Waals surface area contributed by atoms with Crippen molar-refractivity contribution in [1.82, 2.24) is 19.7 Å². The number of nitrogens with zero attached hydrogens (tertiary/aromatic N) is 6. The Morgan fingerprint density at radius 2 is 2.03 bits per heavy atom. The zero-order chi connectivity index (χ0) is 23.4. The minimum atomic E-state index is 0.0641. The molecule has 0 saturated heterocycles. The van der Waals surface area contributed by atoms with Gasteiger partial charge in [0.15, 0.2) is 5.82 Å². The molecule has 1 aromatic carbocycles. The Bertz CT molecular complexity index is 1110. The molecule has 8 nitrogen and oxygen atoms in total. The van der Waals surface area contributed by atoms with E-state index in [1.165, 1.54) is 11.1 Å². The van der Waals surface area contributed by atoms with Crippen LogP contribution in [0.15, 0.2) is 42.9 Å². The van der Waals surface area contributed by atoms with E-state index in [4.69, 9.17) is 4.98 Å². The first-order valence-electron chi connectivity index (χ1n) is 11.7. The van der Waals surface area contributed by atoms with E-state index in [0.717, 1.165) is 43.0 Å². The molecule has 33 heavy (non-hydrogen) atoms. The summed E-state index contributed by atoms with van der Waals surface area (Å²) in [5, 5.41) is 7.83. The summed E-state index contributed by atoms with van der Waals surface area (Å²) in [5.41, 5.74) is 4.40. The molecule has 0 saturated carbocycles. The van der Waals surface area contributed by atoms with Crippen molar-refractivity contribution >= 4 is 23.4 Å². The standard InChI is InChI=1S/C25H33N7O/c1-5-6-10-31-17-23(33)30(4)22-14-27-25(29-24(22)31)26-12-20-13-28-32(16-20)15-19-8-7-9-21(11-19)18(2)3/h7-9,11,13-14,16,18H,5-6,10,12,15,17H2,1-4H3,(H,26,27,29). The lowest BCUT2D eigenvalue weighted by atomic mass is 10.0. The van der Waals surface area contributed by atoms with Gasteiger partial charge < -0.3 is 15.1 Å². The van der Waals surface area contributed by atoms with Gasteiger partial charge in [-0.1, -0.05) is 51.5 Å². The maximum Gasteiger partial charge on any atom is 0.246 e. The van der Waals surface area contributed by atoms with Gasteiger partial charge in [0.1, 0.15) is 5.69 Å². The lowest BCUT2D eigenvalue weighted by molar-refractivity contribution is -0.117. The maximum absolute atomic E-state index is 12.3. The van der Waals surface area contributed by atoms with Crippen LogP contribution >= 0.6 is 0 Å². The lowest BCUT2D eigenvalue weighted by Crippen LogP contribution is -2.45. The summed E-state index contributed by atoms with van der Waals surface area (Å²) in [5.74, 6) is 1.93. The first-order valence-corrected chi connectivity index (χ1v) is 11.7. The molecule has 0 aliphatic carbocycles. The van der Waals surface area contributed by atoms with Crippen LogP contribution in [0.3, 0.4) is 0 Å². The van der Waals surface area contributed by atoms with Gasteiger partial charge in [-0.2, -0.15) is 10.1 Å². The maximum atomic E-state index is 12.3. The van der Waals surface area contributed by atoms with Crippen molar-refractivity contribution in [2.24, 2.45) is 0 Å². The van der Waals surface area contributed by atoms with Crippen molar-refractivity contribution in [3.8, 4) is 0 Å². The van der Waals surface area contributed by atoms with E-state index in [9.17, 15) is 4.79 Å². The number of amides is 1. The summed E-state index contributed by atoms with van der Waals surface area (Å²) >= 11 is 0. The van der Waals surface area contributed by atoms with Crippen LogP contribution in [0.1, 0.15) is 56.2 Å². The number of benzene rings is 1. The Morgan fingerprint density at radius 3 is 2.82 bits per heavy atom. The molecule has 174 valence electrons. The highest BCUT2D eigenvalue weighted by Crippen LogP contribution is 2.31. The smallest absolute Gasteiger partial charge is 0.246 e. The van der Waals surface area contributed by atoms with Gasteiger partial charge in [0.25, 0.3) is 0 Å². The van der Waals surface area contributed by atoms with Crippen LogP contribution < -0.4 is 15.1 Å². The van der Waals surface area contributed by atoms with Gasteiger partial charge in [-0.05, 0) is 23.5 Å². The largest absolute Gasteiger partial charge is 0.350 e. The van der Waals surface area contributed by atoms with Gasteiger partial charge in [0.2, 0.25) is 11.9 Å². The Morgan fingerprint density at radius 1 is 1.18 bits per heavy atom. The van der Waals surface area contributed by atoms with Crippen LogP contribution in [0.2, 0.25) is 0 Å². The van der Waals surface area contributed by atoms with Crippen molar-refractivity contribution < 1.29 is 4.79 Å². The summed E-state index contributed by atoms with van der Waals surface area (Å²) < 4.78 is 1.96. The molecule has 2 aromatic heterocycles. The third-order valence-corrected chi connectivity index (χ3v) is 5.99. The zero-order valence-electron chi connectivity index (χ0n) is 20.0. The molecule has 3 aromatic rings. The fourth-order valence-corrected chi connectivity index (χ4v) is 3.94. The summed E-state index contributed by atoms with van der Waals surface area (Å²) in [6.07, 6.45) is 7.73. The Labute approximate surface area is 195 Å². The van der Waals surface area contributed by atoms with E-state index in [2.05, 4.69) is 65.3 Å². The second kappa shape index (κ2) is 10.0. The molecule has 1 aliphatic heterocycles. The molecule has 4 rings (SSSR count). The molecule has 0 bridgehead atoms. The Hall–Kier alpha value is -3.42. The summed E-state index contributed by atoms with van der Waals surface area (Å²) in [6.45, 7) is 9.04. The minimum Gasteiger partial charge on any atom is -0.350 e. The third-order valence-electron chi connectivity index (χ3n) is 5.99. The molecule has 1 amide bonds. The predicted molar refractivity (Wildman–Crippen MR) is 132 cm³/mol. The average molecular weight is 448 g/mol. The van der Waals surface area contributed by atoms with E-state index < -0.39 is 0 Å². The number of carbonyl (C=O) groups excluding carboxylic acids is 1. The van der Waals surface area contributed by atoms with Gasteiger partial charge in [-0.15, -0.1) is 0 Å². The molecular formula is C25H33N7O. The normalized spacial score (nSPS) is 13.5. The van der Waals surface area contributed by atoms with Crippen LogP contribution in [0.5, 0.6) is 0 Å². The van der Waals surface area contributed by atoms with Crippen molar-refractivity contribution in [1.29, 1.82) is 0 Å². The number of rotatable bonds is 9. The topological polar surface area (TPSA) is 79.2 Å². The van der Waals surface area contributed by atoms with Gasteiger partial charge in [0, 0.05) is 31.9 Å². The highest BCUT2D eigenvalue weighted by molar-refractivity contribution is 6.01. The molecule has 0 radical (unpaired) electrons. The zero-order valence-corrected chi connectivity index (χ0v) is 20.0. The highest BCUT2D eigenvalue weighted by atomic mass is 16.2. The molecule has 1 N–H and O–H groups in total. The third kappa shape index (κ3) is 5.32. The average Bonchev–Trinajstić information content (AvgIpc) is 3.26. The number of hydrogen-bond acceptors (Lipinski definition) is 6. The molecule has 0 atom stereocenters. The van der Waals surface area contributed by atoms with Crippen molar-refractivity contribution in [3.05, 3.63) is 59.5 Å². The molecular weight excluding hydrogens is 414 g/mol. The van der Waals surface area contributed by atoms with Crippen LogP contribution in [-0.2, 0) is 17.9 Å². The number of fused-ring (bicyclic) bond motifs is 1. The first-order chi connectivity index (χ1) is 15.9. The van der Waals surface area contributed by atoms with E-state index in [1.54, 1.807) is 18.1 Å². The number of unbranched alkanes of at least 4 members (excludes halogenated alkanes) is 1. The highest BCUT2D eigenvalue weighted by Gasteiger charge is 2.28. The number of likely N-dealkylation sites (N-methyl/N-ethyl adjacent to an activating group) is 1. The first kappa shape index (κ1) is 22.8. The molecule has 0 spiro atoms. The number of carbonyl (C=O) groups is 1. The van der Waals surface area contributed by atoms with Crippen LogP contribution in [-0.4, -0.2) is 45.8 Å². The Balaban J connectivity index is 1.42. The molecule has 0 unspecified atom stereocenters.